The van der Waals surface area contributed by atoms with E-state index in [0.717, 1.165) is 16.1 Å². The number of halogens is 1. The summed E-state index contributed by atoms with van der Waals surface area (Å²) in [5.74, 6) is 0. The molecule has 22 heavy (non-hydrogen) atoms. The van der Waals surface area contributed by atoms with Crippen LogP contribution in [-0.2, 0) is 16.6 Å². The number of hydrogen-bond acceptors (Lipinski definition) is 3. The van der Waals surface area contributed by atoms with Gasteiger partial charge in [0.15, 0.2) is 0 Å². The van der Waals surface area contributed by atoms with Gasteiger partial charge in [-0.2, -0.15) is 0 Å². The van der Waals surface area contributed by atoms with Crippen molar-refractivity contribution in [1.29, 1.82) is 0 Å². The lowest BCUT2D eigenvalue weighted by Gasteiger charge is -2.25. The average molecular weight is 339 g/mol. The fourth-order valence-electron chi connectivity index (χ4n) is 2.24. The Kier molecular flexibility index (Phi) is 5.24. The highest BCUT2D eigenvalue weighted by atomic mass is 35.5. The molecule has 0 saturated heterocycles. The average Bonchev–Trinajstić information content (AvgIpc) is 2.48. The summed E-state index contributed by atoms with van der Waals surface area (Å²) in [4.78, 5) is 2.23. The van der Waals surface area contributed by atoms with Crippen LogP contribution in [0.1, 0.15) is 24.1 Å². The maximum atomic E-state index is 11.5. The molecule has 0 radical (unpaired) electrons. The van der Waals surface area contributed by atoms with Gasteiger partial charge < -0.3 is 0 Å². The smallest absolute Gasteiger partial charge is 0.238 e. The van der Waals surface area contributed by atoms with Crippen molar-refractivity contribution < 1.29 is 8.42 Å². The highest BCUT2D eigenvalue weighted by Crippen LogP contribution is 2.25. The Labute approximate surface area is 136 Å². The lowest BCUT2D eigenvalue weighted by Crippen LogP contribution is -2.22. The number of primary sulfonamides is 1. The van der Waals surface area contributed by atoms with Crippen molar-refractivity contribution in [2.24, 2.45) is 5.14 Å². The standard InChI is InChI=1S/C16H19ClN2O2S/c1-12(13-7-5-8-15(10-13)22(18,20)21)19(2)11-14-6-3-4-9-16(14)17/h3-10,12H,11H2,1-2H3,(H2,18,20,21)/t12-/m0/s1. The van der Waals surface area contributed by atoms with Crippen molar-refractivity contribution in [1.82, 2.24) is 4.90 Å². The zero-order valence-corrected chi connectivity index (χ0v) is 14.1. The second-order valence-corrected chi connectivity index (χ2v) is 7.27. The van der Waals surface area contributed by atoms with Crippen LogP contribution in [-0.4, -0.2) is 20.4 Å². The molecule has 0 aliphatic rings. The summed E-state index contributed by atoms with van der Waals surface area (Å²) in [5.41, 5.74) is 1.92. The van der Waals surface area contributed by atoms with Gasteiger partial charge in [-0.1, -0.05) is 41.9 Å². The molecule has 0 fully saturated rings. The van der Waals surface area contributed by atoms with Gasteiger partial charge in [0.2, 0.25) is 10.0 Å². The first-order valence-electron chi connectivity index (χ1n) is 6.85. The predicted octanol–water partition coefficient (Wildman–Crippen LogP) is 3.18. The molecule has 2 N–H and O–H groups in total. The first-order chi connectivity index (χ1) is 10.3. The monoisotopic (exact) mass is 338 g/mol. The normalized spacial score (nSPS) is 13.3. The highest BCUT2D eigenvalue weighted by molar-refractivity contribution is 7.89. The first kappa shape index (κ1) is 17.0. The molecular weight excluding hydrogens is 320 g/mol. The molecule has 0 aromatic heterocycles. The summed E-state index contributed by atoms with van der Waals surface area (Å²) in [6, 6.07) is 14.4. The molecule has 0 unspecified atom stereocenters. The van der Waals surface area contributed by atoms with E-state index in [1.807, 2.05) is 44.3 Å². The Balaban J connectivity index is 2.21. The Morgan fingerprint density at radius 2 is 1.86 bits per heavy atom. The van der Waals surface area contributed by atoms with Crippen LogP contribution in [0.25, 0.3) is 0 Å². The largest absolute Gasteiger partial charge is 0.295 e. The molecule has 0 spiro atoms. The van der Waals surface area contributed by atoms with Crippen molar-refractivity contribution in [3.05, 3.63) is 64.7 Å². The number of nitrogens with zero attached hydrogens (tertiary/aromatic N) is 1. The fraction of sp³-hybridized carbons (Fsp3) is 0.250. The van der Waals surface area contributed by atoms with Crippen molar-refractivity contribution in [3.8, 4) is 0 Å². The molecule has 0 aliphatic carbocycles. The molecule has 0 heterocycles. The van der Waals surface area contributed by atoms with Crippen molar-refractivity contribution >= 4 is 21.6 Å². The van der Waals surface area contributed by atoms with Crippen LogP contribution in [0.2, 0.25) is 5.02 Å². The van der Waals surface area contributed by atoms with E-state index < -0.39 is 10.0 Å². The summed E-state index contributed by atoms with van der Waals surface area (Å²) in [7, 11) is -1.72. The van der Waals surface area contributed by atoms with Crippen LogP contribution in [0.15, 0.2) is 53.4 Å². The van der Waals surface area contributed by atoms with Crippen LogP contribution in [0.5, 0.6) is 0 Å². The van der Waals surface area contributed by atoms with Crippen LogP contribution in [0.4, 0.5) is 0 Å². The minimum atomic E-state index is -3.69. The van der Waals surface area contributed by atoms with Gasteiger partial charge in [-0.25, -0.2) is 13.6 Å². The fourth-order valence-corrected chi connectivity index (χ4v) is 3.00. The Morgan fingerprint density at radius 3 is 2.50 bits per heavy atom. The van der Waals surface area contributed by atoms with E-state index in [2.05, 4.69) is 4.90 Å². The second-order valence-electron chi connectivity index (χ2n) is 5.30. The van der Waals surface area contributed by atoms with Crippen LogP contribution >= 0.6 is 11.6 Å². The SMILES string of the molecule is C[C@@H](c1cccc(S(N)(=O)=O)c1)N(C)Cc1ccccc1Cl. The highest BCUT2D eigenvalue weighted by Gasteiger charge is 2.16. The molecule has 0 saturated carbocycles. The second kappa shape index (κ2) is 6.79. The van der Waals surface area contributed by atoms with E-state index in [1.165, 1.54) is 6.07 Å². The Bertz CT molecular complexity index is 762. The van der Waals surface area contributed by atoms with Gasteiger partial charge in [-0.05, 0) is 43.3 Å². The predicted molar refractivity (Wildman–Crippen MR) is 89.1 cm³/mol. The number of sulfonamides is 1. The first-order valence-corrected chi connectivity index (χ1v) is 8.78. The van der Waals surface area contributed by atoms with Gasteiger partial charge in [0, 0.05) is 17.6 Å². The van der Waals surface area contributed by atoms with Gasteiger partial charge in [0.05, 0.1) is 4.90 Å². The maximum absolute atomic E-state index is 11.5. The molecule has 0 aliphatic heterocycles. The van der Waals surface area contributed by atoms with Crippen molar-refractivity contribution in [2.45, 2.75) is 24.4 Å². The number of nitrogens with two attached hydrogens (primary N) is 1. The third kappa shape index (κ3) is 4.08. The summed E-state index contributed by atoms with van der Waals surface area (Å²) >= 11 is 6.18. The zero-order valence-electron chi connectivity index (χ0n) is 12.5. The molecule has 2 aromatic carbocycles. The number of rotatable bonds is 5. The number of benzene rings is 2. The Hall–Kier alpha value is -1.40. The minimum Gasteiger partial charge on any atom is -0.295 e. The summed E-state index contributed by atoms with van der Waals surface area (Å²) in [6.07, 6.45) is 0. The molecule has 4 nitrogen and oxygen atoms in total. The molecule has 0 amide bonds. The molecule has 2 aromatic rings. The van der Waals surface area contributed by atoms with Crippen molar-refractivity contribution in [2.75, 3.05) is 7.05 Å². The van der Waals surface area contributed by atoms with E-state index in [4.69, 9.17) is 16.7 Å². The lowest BCUT2D eigenvalue weighted by atomic mass is 10.1. The van der Waals surface area contributed by atoms with Crippen LogP contribution < -0.4 is 5.14 Å². The van der Waals surface area contributed by atoms with E-state index >= 15 is 0 Å². The quantitative estimate of drug-likeness (QED) is 0.910. The van der Waals surface area contributed by atoms with Gasteiger partial charge in [-0.15, -0.1) is 0 Å². The lowest BCUT2D eigenvalue weighted by molar-refractivity contribution is 0.253. The summed E-state index contributed by atoms with van der Waals surface area (Å²) < 4.78 is 22.9. The van der Waals surface area contributed by atoms with E-state index in [9.17, 15) is 8.42 Å². The molecule has 0 bridgehead atoms. The van der Waals surface area contributed by atoms with E-state index in [0.29, 0.717) is 6.54 Å². The van der Waals surface area contributed by atoms with Gasteiger partial charge >= 0.3 is 0 Å². The summed E-state index contributed by atoms with van der Waals surface area (Å²) in [6.45, 7) is 2.68. The number of hydrogen-bond donors (Lipinski definition) is 1. The van der Waals surface area contributed by atoms with Crippen LogP contribution in [0.3, 0.4) is 0 Å². The third-order valence-electron chi connectivity index (χ3n) is 3.71. The minimum absolute atomic E-state index is 0.0259. The molecule has 118 valence electrons. The van der Waals surface area contributed by atoms with Gasteiger partial charge in [0.25, 0.3) is 0 Å². The zero-order chi connectivity index (χ0) is 16.3. The third-order valence-corrected chi connectivity index (χ3v) is 4.99. The molecule has 2 rings (SSSR count). The molecule has 1 atom stereocenters. The van der Waals surface area contributed by atoms with E-state index in [1.54, 1.807) is 12.1 Å². The topological polar surface area (TPSA) is 63.4 Å². The van der Waals surface area contributed by atoms with E-state index in [-0.39, 0.29) is 10.9 Å². The molecular formula is C16H19ClN2O2S. The maximum Gasteiger partial charge on any atom is 0.238 e. The van der Waals surface area contributed by atoms with Gasteiger partial charge in [0.1, 0.15) is 0 Å². The van der Waals surface area contributed by atoms with Crippen molar-refractivity contribution in [3.63, 3.8) is 0 Å². The van der Waals surface area contributed by atoms with Gasteiger partial charge in [-0.3, -0.25) is 4.90 Å². The summed E-state index contributed by atoms with van der Waals surface area (Å²) in [5, 5.41) is 5.91. The Morgan fingerprint density at radius 1 is 1.18 bits per heavy atom. The van der Waals surface area contributed by atoms with Crippen LogP contribution in [0, 0.1) is 0 Å². The molecule has 6 heteroatoms.